The number of rotatable bonds is 5. The fourth-order valence-corrected chi connectivity index (χ4v) is 1.68. The summed E-state index contributed by atoms with van der Waals surface area (Å²) in [5, 5.41) is 3.78. The van der Waals surface area contributed by atoms with E-state index in [0.29, 0.717) is 16.6 Å². The van der Waals surface area contributed by atoms with Gasteiger partial charge in [0.2, 0.25) is 0 Å². The van der Waals surface area contributed by atoms with Crippen LogP contribution in [0, 0.1) is 5.82 Å². The Morgan fingerprint density at radius 1 is 1.47 bits per heavy atom. The van der Waals surface area contributed by atoms with Crippen LogP contribution in [0.1, 0.15) is 32.8 Å². The van der Waals surface area contributed by atoms with Crippen LogP contribution in [-0.2, 0) is 0 Å². The smallest absolute Gasteiger partial charge is 0.131 e. The van der Waals surface area contributed by atoms with Crippen LogP contribution in [0.25, 0.3) is 6.08 Å². The Bertz CT molecular complexity index is 379. The first-order valence-corrected chi connectivity index (χ1v) is 6.29. The molecule has 17 heavy (non-hydrogen) atoms. The molecule has 0 spiro atoms. The molecule has 0 saturated heterocycles. The minimum absolute atomic E-state index is 0.270. The second kappa shape index (κ2) is 6.77. The first-order chi connectivity index (χ1) is 8.04. The lowest BCUT2D eigenvalue weighted by Gasteiger charge is -2.11. The molecule has 0 bridgehead atoms. The molecule has 0 aliphatic heterocycles. The van der Waals surface area contributed by atoms with Crippen molar-refractivity contribution in [1.82, 2.24) is 5.32 Å². The zero-order chi connectivity index (χ0) is 12.8. The summed E-state index contributed by atoms with van der Waals surface area (Å²) in [5.74, 6) is -0.270. The number of hydrogen-bond acceptors (Lipinski definition) is 1. The van der Waals surface area contributed by atoms with Gasteiger partial charge >= 0.3 is 0 Å². The highest BCUT2D eigenvalue weighted by Crippen LogP contribution is 2.22. The molecule has 0 unspecified atom stereocenters. The van der Waals surface area contributed by atoms with Crippen molar-refractivity contribution in [1.29, 1.82) is 0 Å². The third-order valence-electron chi connectivity index (χ3n) is 2.54. The van der Waals surface area contributed by atoms with Crippen molar-refractivity contribution >= 4 is 17.7 Å². The van der Waals surface area contributed by atoms with Crippen molar-refractivity contribution in [2.75, 3.05) is 6.54 Å². The fraction of sp³-hybridized carbons (Fsp3) is 0.429. The van der Waals surface area contributed by atoms with Crippen LogP contribution >= 0.6 is 11.6 Å². The van der Waals surface area contributed by atoms with Crippen LogP contribution in [0.3, 0.4) is 0 Å². The number of hydrogen-bond donors (Lipinski definition) is 1. The lowest BCUT2D eigenvalue weighted by atomic mass is 10.1. The van der Waals surface area contributed by atoms with Gasteiger partial charge in [-0.25, -0.2) is 4.39 Å². The number of halogens is 2. The largest absolute Gasteiger partial charge is 0.311 e. The highest BCUT2D eigenvalue weighted by molar-refractivity contribution is 6.32. The molecule has 0 heterocycles. The first kappa shape index (κ1) is 14.2. The van der Waals surface area contributed by atoms with Gasteiger partial charge in [0, 0.05) is 18.2 Å². The van der Waals surface area contributed by atoms with Crippen molar-refractivity contribution in [3.63, 3.8) is 0 Å². The topological polar surface area (TPSA) is 12.0 Å². The SMILES string of the molecule is CCC(=Cc1c(F)cccc1Cl)CNC(C)C. The molecular weight excluding hydrogens is 237 g/mol. The molecule has 94 valence electrons. The Morgan fingerprint density at radius 2 is 2.18 bits per heavy atom. The summed E-state index contributed by atoms with van der Waals surface area (Å²) in [5.41, 5.74) is 1.63. The van der Waals surface area contributed by atoms with Gasteiger partial charge in [0.05, 0.1) is 5.02 Å². The van der Waals surface area contributed by atoms with Crippen LogP contribution in [-0.4, -0.2) is 12.6 Å². The predicted octanol–water partition coefficient (Wildman–Crippen LogP) is 4.27. The molecule has 0 aliphatic carbocycles. The highest BCUT2D eigenvalue weighted by Gasteiger charge is 2.05. The van der Waals surface area contributed by atoms with Crippen LogP contribution in [0.15, 0.2) is 23.8 Å². The maximum absolute atomic E-state index is 13.6. The zero-order valence-electron chi connectivity index (χ0n) is 10.6. The number of nitrogens with one attached hydrogen (secondary N) is 1. The molecule has 0 aromatic heterocycles. The molecule has 1 rings (SSSR count). The summed E-state index contributed by atoms with van der Waals surface area (Å²) in [6, 6.07) is 5.18. The van der Waals surface area contributed by atoms with E-state index in [4.69, 9.17) is 11.6 Å². The fourth-order valence-electron chi connectivity index (χ4n) is 1.47. The molecule has 0 amide bonds. The monoisotopic (exact) mass is 255 g/mol. The van der Waals surface area contributed by atoms with Crippen molar-refractivity contribution in [2.24, 2.45) is 0 Å². The number of benzene rings is 1. The summed E-state index contributed by atoms with van der Waals surface area (Å²) in [7, 11) is 0. The average Bonchev–Trinajstić information content (AvgIpc) is 2.27. The van der Waals surface area contributed by atoms with Crippen LogP contribution in [0.4, 0.5) is 4.39 Å². The standard InChI is InChI=1S/C14H19ClFN/c1-4-11(9-17-10(2)3)8-12-13(15)6-5-7-14(12)16/h5-8,10,17H,4,9H2,1-3H3. The maximum Gasteiger partial charge on any atom is 0.131 e. The Kier molecular flexibility index (Phi) is 5.66. The molecule has 1 aromatic rings. The lowest BCUT2D eigenvalue weighted by molar-refractivity contribution is 0.614. The van der Waals surface area contributed by atoms with Gasteiger partial charge in [0.15, 0.2) is 0 Å². The van der Waals surface area contributed by atoms with Crippen LogP contribution in [0.2, 0.25) is 5.02 Å². The van der Waals surface area contributed by atoms with Gasteiger partial charge in [-0.2, -0.15) is 0 Å². The summed E-state index contributed by atoms with van der Waals surface area (Å²) in [6.07, 6.45) is 2.72. The quantitative estimate of drug-likeness (QED) is 0.829. The molecule has 1 nitrogen and oxygen atoms in total. The van der Waals surface area contributed by atoms with E-state index in [9.17, 15) is 4.39 Å². The minimum Gasteiger partial charge on any atom is -0.311 e. The molecular formula is C14H19ClFN. The second-order valence-corrected chi connectivity index (χ2v) is 4.73. The lowest BCUT2D eigenvalue weighted by Crippen LogP contribution is -2.24. The third kappa shape index (κ3) is 4.49. The van der Waals surface area contributed by atoms with Gasteiger partial charge in [-0.1, -0.05) is 50.1 Å². The normalized spacial score (nSPS) is 12.2. The van der Waals surface area contributed by atoms with Gasteiger partial charge in [0.25, 0.3) is 0 Å². The van der Waals surface area contributed by atoms with E-state index in [0.717, 1.165) is 18.5 Å². The van der Waals surface area contributed by atoms with E-state index in [-0.39, 0.29) is 5.82 Å². The molecule has 1 N–H and O–H groups in total. The molecule has 0 fully saturated rings. The Labute approximate surface area is 108 Å². The van der Waals surface area contributed by atoms with Gasteiger partial charge in [-0.3, -0.25) is 0 Å². The molecule has 0 atom stereocenters. The van der Waals surface area contributed by atoms with Crippen LogP contribution < -0.4 is 5.32 Å². The molecule has 0 aliphatic rings. The van der Waals surface area contributed by atoms with Gasteiger partial charge < -0.3 is 5.32 Å². The van der Waals surface area contributed by atoms with E-state index in [1.807, 2.05) is 6.08 Å². The van der Waals surface area contributed by atoms with E-state index < -0.39 is 0 Å². The third-order valence-corrected chi connectivity index (χ3v) is 2.87. The summed E-state index contributed by atoms with van der Waals surface area (Å²) >= 11 is 5.99. The van der Waals surface area contributed by atoms with Crippen molar-refractivity contribution in [3.8, 4) is 0 Å². The zero-order valence-corrected chi connectivity index (χ0v) is 11.3. The Balaban J connectivity index is 2.90. The van der Waals surface area contributed by atoms with E-state index in [1.54, 1.807) is 12.1 Å². The Morgan fingerprint density at radius 3 is 2.71 bits per heavy atom. The summed E-state index contributed by atoms with van der Waals surface area (Å²) in [6.45, 7) is 6.99. The summed E-state index contributed by atoms with van der Waals surface area (Å²) in [4.78, 5) is 0. The van der Waals surface area contributed by atoms with Gasteiger partial charge in [-0.15, -0.1) is 0 Å². The average molecular weight is 256 g/mol. The highest BCUT2D eigenvalue weighted by atomic mass is 35.5. The van der Waals surface area contributed by atoms with Crippen LogP contribution in [0.5, 0.6) is 0 Å². The molecule has 3 heteroatoms. The van der Waals surface area contributed by atoms with E-state index in [2.05, 4.69) is 26.1 Å². The van der Waals surface area contributed by atoms with Gasteiger partial charge in [0.1, 0.15) is 5.82 Å². The second-order valence-electron chi connectivity index (χ2n) is 4.33. The van der Waals surface area contributed by atoms with E-state index in [1.165, 1.54) is 6.07 Å². The molecule has 1 aromatic carbocycles. The Hall–Kier alpha value is -0.860. The molecule has 0 radical (unpaired) electrons. The maximum atomic E-state index is 13.6. The predicted molar refractivity (Wildman–Crippen MR) is 72.8 cm³/mol. The van der Waals surface area contributed by atoms with Crippen molar-refractivity contribution < 1.29 is 4.39 Å². The summed E-state index contributed by atoms with van der Waals surface area (Å²) < 4.78 is 13.6. The van der Waals surface area contributed by atoms with Gasteiger partial charge in [-0.05, 0) is 18.6 Å². The van der Waals surface area contributed by atoms with E-state index >= 15 is 0 Å². The first-order valence-electron chi connectivity index (χ1n) is 5.91. The molecule has 0 saturated carbocycles. The van der Waals surface area contributed by atoms with Crippen molar-refractivity contribution in [2.45, 2.75) is 33.2 Å². The minimum atomic E-state index is -0.270. The van der Waals surface area contributed by atoms with Crippen molar-refractivity contribution in [3.05, 3.63) is 40.2 Å².